The lowest BCUT2D eigenvalue weighted by Gasteiger charge is -2.13. The fourth-order valence-corrected chi connectivity index (χ4v) is 1.69. The van der Waals surface area contributed by atoms with Crippen molar-refractivity contribution in [1.82, 2.24) is 5.32 Å². The smallest absolute Gasteiger partial charge is 0.246 e. The largest absolute Gasteiger partial charge is 0.497 e. The van der Waals surface area contributed by atoms with E-state index in [-0.39, 0.29) is 12.5 Å². The Labute approximate surface area is 114 Å². The van der Waals surface area contributed by atoms with Gasteiger partial charge in [0, 0.05) is 12.1 Å². The van der Waals surface area contributed by atoms with Gasteiger partial charge in [-0.3, -0.25) is 4.79 Å². The number of aliphatic hydroxyl groups excluding tert-OH is 1. The number of carbonyl (C=O) groups is 1. The van der Waals surface area contributed by atoms with Crippen LogP contribution in [0, 0.1) is 0 Å². The first-order chi connectivity index (χ1) is 9.08. The van der Waals surface area contributed by atoms with Crippen molar-refractivity contribution in [2.24, 2.45) is 0 Å². The molecule has 0 heterocycles. The Morgan fingerprint density at radius 3 is 2.89 bits per heavy atom. The molecule has 0 radical (unpaired) electrons. The molecule has 4 heteroatoms. The predicted octanol–water partition coefficient (Wildman–Crippen LogP) is 2.20. The maximum Gasteiger partial charge on any atom is 0.246 e. The highest BCUT2D eigenvalue weighted by Crippen LogP contribution is 2.18. The van der Waals surface area contributed by atoms with Gasteiger partial charge in [0.05, 0.1) is 13.2 Å². The molecule has 0 saturated heterocycles. The van der Waals surface area contributed by atoms with Crippen LogP contribution in [0.2, 0.25) is 0 Å². The standard InChI is InChI=1S/C15H21NO3/c1-4-6-11(2)15(18)16-10-14(17)12-7-5-8-13(9-12)19-3/h5-9,14,17H,4,10H2,1-3H3,(H,16,18)/b11-6-. The van der Waals surface area contributed by atoms with Crippen molar-refractivity contribution >= 4 is 5.91 Å². The van der Waals surface area contributed by atoms with Crippen LogP contribution in [0.25, 0.3) is 0 Å². The molecular formula is C15H21NO3. The Hall–Kier alpha value is -1.81. The minimum Gasteiger partial charge on any atom is -0.497 e. The first kappa shape index (κ1) is 15.2. The molecule has 4 nitrogen and oxygen atoms in total. The maximum absolute atomic E-state index is 11.7. The third kappa shape index (κ3) is 4.75. The summed E-state index contributed by atoms with van der Waals surface area (Å²) in [5.74, 6) is 0.536. The number of benzene rings is 1. The lowest BCUT2D eigenvalue weighted by Crippen LogP contribution is -2.28. The third-order valence-corrected chi connectivity index (χ3v) is 2.80. The number of amides is 1. The Balaban J connectivity index is 2.57. The van der Waals surface area contributed by atoms with E-state index >= 15 is 0 Å². The van der Waals surface area contributed by atoms with Gasteiger partial charge in [0.2, 0.25) is 5.91 Å². The van der Waals surface area contributed by atoms with E-state index in [9.17, 15) is 9.90 Å². The number of hydrogen-bond donors (Lipinski definition) is 2. The minimum atomic E-state index is -0.742. The van der Waals surface area contributed by atoms with Crippen molar-refractivity contribution < 1.29 is 14.6 Å². The molecule has 1 amide bonds. The molecule has 1 rings (SSSR count). The van der Waals surface area contributed by atoms with Crippen molar-refractivity contribution in [3.05, 3.63) is 41.5 Å². The number of allylic oxidation sites excluding steroid dienone is 1. The van der Waals surface area contributed by atoms with Crippen molar-refractivity contribution in [2.75, 3.05) is 13.7 Å². The summed E-state index contributed by atoms with van der Waals surface area (Å²) in [6.07, 6.45) is 1.93. The van der Waals surface area contributed by atoms with E-state index in [0.717, 1.165) is 12.0 Å². The number of ether oxygens (including phenoxy) is 1. The van der Waals surface area contributed by atoms with Crippen LogP contribution in [0.1, 0.15) is 31.9 Å². The van der Waals surface area contributed by atoms with E-state index in [0.29, 0.717) is 11.3 Å². The summed E-state index contributed by atoms with van der Waals surface area (Å²) in [6.45, 7) is 3.92. The fraction of sp³-hybridized carbons (Fsp3) is 0.400. The van der Waals surface area contributed by atoms with Gasteiger partial charge in [-0.05, 0) is 31.0 Å². The Bertz CT molecular complexity index is 454. The van der Waals surface area contributed by atoms with E-state index < -0.39 is 6.10 Å². The van der Waals surface area contributed by atoms with Crippen molar-refractivity contribution in [3.63, 3.8) is 0 Å². The van der Waals surface area contributed by atoms with Crippen molar-refractivity contribution in [2.45, 2.75) is 26.4 Å². The molecule has 19 heavy (non-hydrogen) atoms. The number of nitrogens with one attached hydrogen (secondary N) is 1. The monoisotopic (exact) mass is 263 g/mol. The average molecular weight is 263 g/mol. The molecule has 2 N–H and O–H groups in total. The summed E-state index contributed by atoms with van der Waals surface area (Å²) in [6, 6.07) is 7.17. The molecule has 0 saturated carbocycles. The quantitative estimate of drug-likeness (QED) is 0.774. The molecule has 0 spiro atoms. The molecule has 0 aliphatic rings. The Morgan fingerprint density at radius 1 is 1.53 bits per heavy atom. The van der Waals surface area contributed by atoms with Crippen LogP contribution in [0.3, 0.4) is 0 Å². The molecule has 1 aromatic rings. The number of carbonyl (C=O) groups excluding carboxylic acids is 1. The molecular weight excluding hydrogens is 242 g/mol. The predicted molar refractivity (Wildman–Crippen MR) is 75.0 cm³/mol. The summed E-state index contributed by atoms with van der Waals surface area (Å²) in [5.41, 5.74) is 1.39. The Kier molecular flexibility index (Phi) is 6.09. The lowest BCUT2D eigenvalue weighted by atomic mass is 10.1. The third-order valence-electron chi connectivity index (χ3n) is 2.80. The van der Waals surface area contributed by atoms with Crippen LogP contribution in [0.5, 0.6) is 5.75 Å². The van der Waals surface area contributed by atoms with Crippen LogP contribution in [0.4, 0.5) is 0 Å². The van der Waals surface area contributed by atoms with E-state index in [4.69, 9.17) is 4.74 Å². The minimum absolute atomic E-state index is 0.149. The van der Waals surface area contributed by atoms with Gasteiger partial charge in [-0.25, -0.2) is 0 Å². The fourth-order valence-electron chi connectivity index (χ4n) is 1.69. The zero-order valence-corrected chi connectivity index (χ0v) is 11.6. The first-order valence-electron chi connectivity index (χ1n) is 6.35. The van der Waals surface area contributed by atoms with Gasteiger partial charge >= 0.3 is 0 Å². The molecule has 0 aliphatic carbocycles. The van der Waals surface area contributed by atoms with E-state index in [2.05, 4.69) is 5.32 Å². The van der Waals surface area contributed by atoms with Crippen molar-refractivity contribution in [3.8, 4) is 5.75 Å². The highest BCUT2D eigenvalue weighted by atomic mass is 16.5. The molecule has 0 bridgehead atoms. The van der Waals surface area contributed by atoms with Gasteiger partial charge in [-0.2, -0.15) is 0 Å². The van der Waals surface area contributed by atoms with Crippen LogP contribution < -0.4 is 10.1 Å². The van der Waals surface area contributed by atoms with Gasteiger partial charge < -0.3 is 15.2 Å². The molecule has 0 aromatic heterocycles. The summed E-state index contributed by atoms with van der Waals surface area (Å²) in [4.78, 5) is 11.7. The topological polar surface area (TPSA) is 58.6 Å². The van der Waals surface area contributed by atoms with E-state index in [1.54, 1.807) is 32.2 Å². The molecule has 0 aliphatic heterocycles. The normalized spacial score (nSPS) is 12.9. The summed E-state index contributed by atoms with van der Waals surface area (Å²) in [5, 5.41) is 12.7. The molecule has 1 atom stereocenters. The maximum atomic E-state index is 11.7. The van der Waals surface area contributed by atoms with Crippen LogP contribution in [-0.4, -0.2) is 24.7 Å². The zero-order chi connectivity index (χ0) is 14.3. The molecule has 1 aromatic carbocycles. The summed E-state index contributed by atoms with van der Waals surface area (Å²) >= 11 is 0. The number of rotatable bonds is 6. The van der Waals surface area contributed by atoms with Gasteiger partial charge in [0.15, 0.2) is 0 Å². The molecule has 104 valence electrons. The first-order valence-corrected chi connectivity index (χ1v) is 6.35. The number of aliphatic hydroxyl groups is 1. The highest BCUT2D eigenvalue weighted by Gasteiger charge is 2.10. The second-order valence-corrected chi connectivity index (χ2v) is 4.30. The SMILES string of the molecule is CC/C=C(/C)C(=O)NCC(O)c1cccc(OC)c1. The molecule has 0 fully saturated rings. The van der Waals surface area contributed by atoms with Crippen LogP contribution in [-0.2, 0) is 4.79 Å². The number of hydrogen-bond acceptors (Lipinski definition) is 3. The van der Waals surface area contributed by atoms with Crippen LogP contribution in [0.15, 0.2) is 35.9 Å². The van der Waals surface area contributed by atoms with Gasteiger partial charge in [0.1, 0.15) is 5.75 Å². The highest BCUT2D eigenvalue weighted by molar-refractivity contribution is 5.92. The Morgan fingerprint density at radius 2 is 2.26 bits per heavy atom. The van der Waals surface area contributed by atoms with E-state index in [1.165, 1.54) is 0 Å². The van der Waals surface area contributed by atoms with Gasteiger partial charge in [0.25, 0.3) is 0 Å². The lowest BCUT2D eigenvalue weighted by molar-refractivity contribution is -0.117. The van der Waals surface area contributed by atoms with Gasteiger partial charge in [-0.15, -0.1) is 0 Å². The number of methoxy groups -OCH3 is 1. The van der Waals surface area contributed by atoms with Crippen LogP contribution >= 0.6 is 0 Å². The second-order valence-electron chi connectivity index (χ2n) is 4.30. The summed E-state index contributed by atoms with van der Waals surface area (Å²) < 4.78 is 5.09. The zero-order valence-electron chi connectivity index (χ0n) is 11.6. The molecule has 1 unspecified atom stereocenters. The average Bonchev–Trinajstić information content (AvgIpc) is 2.44. The van der Waals surface area contributed by atoms with E-state index in [1.807, 2.05) is 19.1 Å². The summed E-state index contributed by atoms with van der Waals surface area (Å²) in [7, 11) is 1.58. The van der Waals surface area contributed by atoms with Crippen molar-refractivity contribution in [1.29, 1.82) is 0 Å². The van der Waals surface area contributed by atoms with Gasteiger partial charge in [-0.1, -0.05) is 25.1 Å². The second kappa shape index (κ2) is 7.59.